The van der Waals surface area contributed by atoms with Crippen molar-refractivity contribution in [1.29, 1.82) is 0 Å². The molecule has 0 saturated heterocycles. The molecule has 132 valence electrons. The Kier molecular flexibility index (Phi) is 5.80. The van der Waals surface area contributed by atoms with E-state index in [1.54, 1.807) is 20.8 Å². The van der Waals surface area contributed by atoms with Crippen molar-refractivity contribution in [1.82, 2.24) is 4.98 Å². The number of ketones is 1. The van der Waals surface area contributed by atoms with Gasteiger partial charge in [-0.05, 0) is 39.2 Å². The zero-order valence-electron chi connectivity index (χ0n) is 14.7. The van der Waals surface area contributed by atoms with Crippen LogP contribution in [0, 0.1) is 19.8 Å². The standard InChI is InChI=1S/C18H25NO5/c1-10-14(18(22)23-4)11(2)19-15(10)16(20)12(3)24-17(21)13-8-6-5-7-9-13/h12-13,19H,5-9H2,1-4H3/t12-/m1/s1. The van der Waals surface area contributed by atoms with Gasteiger partial charge in [0, 0.05) is 5.69 Å². The number of nitrogens with one attached hydrogen (secondary N) is 1. The largest absolute Gasteiger partial charge is 0.465 e. The van der Waals surface area contributed by atoms with E-state index in [0.29, 0.717) is 16.8 Å². The number of esters is 2. The van der Waals surface area contributed by atoms with Gasteiger partial charge in [0.2, 0.25) is 5.78 Å². The van der Waals surface area contributed by atoms with Crippen LogP contribution in [0.2, 0.25) is 0 Å². The van der Waals surface area contributed by atoms with Crippen molar-refractivity contribution in [3.05, 3.63) is 22.5 Å². The van der Waals surface area contributed by atoms with Crippen LogP contribution in [-0.2, 0) is 14.3 Å². The number of carbonyl (C=O) groups is 3. The molecule has 1 aliphatic rings. The molecule has 0 bridgehead atoms. The van der Waals surface area contributed by atoms with Crippen molar-refractivity contribution in [3.63, 3.8) is 0 Å². The maximum atomic E-state index is 12.6. The van der Waals surface area contributed by atoms with E-state index in [1.165, 1.54) is 7.11 Å². The summed E-state index contributed by atoms with van der Waals surface area (Å²) in [6.07, 6.45) is 3.97. The summed E-state index contributed by atoms with van der Waals surface area (Å²) in [5.41, 5.74) is 1.72. The van der Waals surface area contributed by atoms with Gasteiger partial charge in [0.25, 0.3) is 0 Å². The van der Waals surface area contributed by atoms with E-state index in [1.807, 2.05) is 0 Å². The lowest BCUT2D eigenvalue weighted by atomic mass is 9.89. The van der Waals surface area contributed by atoms with Gasteiger partial charge in [-0.2, -0.15) is 0 Å². The van der Waals surface area contributed by atoms with Gasteiger partial charge in [0.05, 0.1) is 24.3 Å². The number of carbonyl (C=O) groups excluding carboxylic acids is 3. The minimum atomic E-state index is -0.887. The molecule has 24 heavy (non-hydrogen) atoms. The van der Waals surface area contributed by atoms with Crippen molar-refractivity contribution in [2.75, 3.05) is 7.11 Å². The number of Topliss-reactive ketones (excluding diaryl/α,β-unsaturated/α-hetero) is 1. The monoisotopic (exact) mass is 335 g/mol. The highest BCUT2D eigenvalue weighted by atomic mass is 16.5. The lowest BCUT2D eigenvalue weighted by molar-refractivity contribution is -0.152. The first kappa shape index (κ1) is 18.2. The number of rotatable bonds is 5. The molecule has 6 heteroatoms. The second-order valence-electron chi connectivity index (χ2n) is 6.39. The molecule has 1 aromatic heterocycles. The van der Waals surface area contributed by atoms with Crippen LogP contribution in [0.15, 0.2) is 0 Å². The zero-order valence-corrected chi connectivity index (χ0v) is 14.7. The summed E-state index contributed by atoms with van der Waals surface area (Å²) in [4.78, 5) is 39.5. The first-order valence-electron chi connectivity index (χ1n) is 8.39. The van der Waals surface area contributed by atoms with E-state index >= 15 is 0 Å². The lowest BCUT2D eigenvalue weighted by Crippen LogP contribution is -2.29. The highest BCUT2D eigenvalue weighted by Gasteiger charge is 2.30. The fraction of sp³-hybridized carbons (Fsp3) is 0.611. The second kappa shape index (κ2) is 7.64. The van der Waals surface area contributed by atoms with Crippen molar-refractivity contribution in [3.8, 4) is 0 Å². The maximum absolute atomic E-state index is 12.6. The van der Waals surface area contributed by atoms with Gasteiger partial charge in [-0.1, -0.05) is 19.3 Å². The van der Waals surface area contributed by atoms with Gasteiger partial charge in [-0.25, -0.2) is 4.79 Å². The van der Waals surface area contributed by atoms with E-state index in [2.05, 4.69) is 4.98 Å². The molecule has 0 aromatic carbocycles. The highest BCUT2D eigenvalue weighted by Crippen LogP contribution is 2.26. The summed E-state index contributed by atoms with van der Waals surface area (Å²) in [7, 11) is 1.30. The van der Waals surface area contributed by atoms with E-state index in [4.69, 9.17) is 9.47 Å². The molecule has 0 spiro atoms. The molecule has 2 rings (SSSR count). The summed E-state index contributed by atoms with van der Waals surface area (Å²) in [5, 5.41) is 0. The van der Waals surface area contributed by atoms with Crippen LogP contribution in [0.1, 0.15) is 71.1 Å². The summed E-state index contributed by atoms with van der Waals surface area (Å²) in [5.74, 6) is -1.24. The van der Waals surface area contributed by atoms with Crippen molar-refractivity contribution >= 4 is 17.7 Å². The van der Waals surface area contributed by atoms with E-state index in [-0.39, 0.29) is 23.4 Å². The minimum Gasteiger partial charge on any atom is -0.465 e. The topological polar surface area (TPSA) is 85.5 Å². The lowest BCUT2D eigenvalue weighted by Gasteiger charge is -2.21. The van der Waals surface area contributed by atoms with Crippen LogP contribution >= 0.6 is 0 Å². The van der Waals surface area contributed by atoms with E-state index < -0.39 is 12.1 Å². The van der Waals surface area contributed by atoms with Crippen LogP contribution in [0.25, 0.3) is 0 Å². The number of H-pyrrole nitrogens is 1. The molecule has 1 aromatic rings. The van der Waals surface area contributed by atoms with Crippen molar-refractivity contribution in [2.24, 2.45) is 5.92 Å². The van der Waals surface area contributed by atoms with Crippen LogP contribution in [0.3, 0.4) is 0 Å². The average Bonchev–Trinajstić information content (AvgIpc) is 2.88. The Balaban J connectivity index is 2.10. The predicted molar refractivity (Wildman–Crippen MR) is 88.1 cm³/mol. The Morgan fingerprint density at radius 3 is 2.33 bits per heavy atom. The smallest absolute Gasteiger partial charge is 0.339 e. The molecular weight excluding hydrogens is 310 g/mol. The highest BCUT2D eigenvalue weighted by molar-refractivity contribution is 6.04. The number of aromatic amines is 1. The predicted octanol–water partition coefficient (Wildman–Crippen LogP) is 3.11. The fourth-order valence-electron chi connectivity index (χ4n) is 3.27. The number of ether oxygens (including phenoxy) is 2. The van der Waals surface area contributed by atoms with Gasteiger partial charge in [-0.15, -0.1) is 0 Å². The number of methoxy groups -OCH3 is 1. The first-order chi connectivity index (χ1) is 11.4. The van der Waals surface area contributed by atoms with Crippen LogP contribution in [-0.4, -0.2) is 35.9 Å². The molecular formula is C18H25NO5. The summed E-state index contributed by atoms with van der Waals surface area (Å²) in [6.45, 7) is 4.95. The molecule has 1 N–H and O–H groups in total. The average molecular weight is 335 g/mol. The Hall–Kier alpha value is -2.11. The van der Waals surface area contributed by atoms with Crippen LogP contribution in [0.4, 0.5) is 0 Å². The molecule has 6 nitrogen and oxygen atoms in total. The van der Waals surface area contributed by atoms with E-state index in [0.717, 1.165) is 32.1 Å². The van der Waals surface area contributed by atoms with E-state index in [9.17, 15) is 14.4 Å². The molecule has 0 aliphatic heterocycles. The Morgan fingerprint density at radius 1 is 1.12 bits per heavy atom. The van der Waals surface area contributed by atoms with Gasteiger partial charge in [0.1, 0.15) is 0 Å². The molecule has 1 aliphatic carbocycles. The van der Waals surface area contributed by atoms with Gasteiger partial charge < -0.3 is 14.5 Å². The number of hydrogen-bond donors (Lipinski definition) is 1. The maximum Gasteiger partial charge on any atom is 0.339 e. The fourth-order valence-corrected chi connectivity index (χ4v) is 3.27. The Labute approximate surface area is 141 Å². The Morgan fingerprint density at radius 2 is 1.75 bits per heavy atom. The third kappa shape index (κ3) is 3.68. The zero-order chi connectivity index (χ0) is 17.9. The summed E-state index contributed by atoms with van der Waals surface area (Å²) >= 11 is 0. The SMILES string of the molecule is COC(=O)c1c(C)[nH]c(C(=O)[C@@H](C)OC(=O)C2CCCCC2)c1C. The molecule has 1 saturated carbocycles. The minimum absolute atomic E-state index is 0.105. The summed E-state index contributed by atoms with van der Waals surface area (Å²) in [6, 6.07) is 0. The molecule has 0 amide bonds. The quantitative estimate of drug-likeness (QED) is 0.660. The number of aromatic nitrogens is 1. The van der Waals surface area contributed by atoms with Crippen molar-refractivity contribution < 1.29 is 23.9 Å². The number of hydrogen-bond acceptors (Lipinski definition) is 5. The molecule has 0 unspecified atom stereocenters. The van der Waals surface area contributed by atoms with Crippen LogP contribution in [0.5, 0.6) is 0 Å². The molecule has 0 radical (unpaired) electrons. The second-order valence-corrected chi connectivity index (χ2v) is 6.39. The van der Waals surface area contributed by atoms with Crippen molar-refractivity contribution in [2.45, 2.75) is 59.0 Å². The van der Waals surface area contributed by atoms with Gasteiger partial charge in [0.15, 0.2) is 6.10 Å². The third-order valence-electron chi connectivity index (χ3n) is 4.67. The molecule has 1 heterocycles. The van der Waals surface area contributed by atoms with Gasteiger partial charge >= 0.3 is 11.9 Å². The first-order valence-corrected chi connectivity index (χ1v) is 8.39. The van der Waals surface area contributed by atoms with Gasteiger partial charge in [-0.3, -0.25) is 9.59 Å². The normalized spacial score (nSPS) is 16.5. The Bertz CT molecular complexity index is 640. The summed E-state index contributed by atoms with van der Waals surface area (Å²) < 4.78 is 10.1. The third-order valence-corrected chi connectivity index (χ3v) is 4.67. The number of aryl methyl sites for hydroxylation is 1. The molecule has 1 fully saturated rings. The molecule has 1 atom stereocenters. The van der Waals surface area contributed by atoms with Crippen LogP contribution < -0.4 is 0 Å².